The fourth-order valence-electron chi connectivity index (χ4n) is 1.76. The van der Waals surface area contributed by atoms with Gasteiger partial charge in [0, 0.05) is 10.9 Å². The molecule has 0 aliphatic rings. The van der Waals surface area contributed by atoms with Crippen LogP contribution in [0.2, 0.25) is 0 Å². The molecule has 2 aromatic rings. The van der Waals surface area contributed by atoms with E-state index in [0.29, 0.717) is 5.88 Å². The molecule has 0 unspecified atom stereocenters. The Morgan fingerprint density at radius 2 is 2.15 bits per heavy atom. The molecule has 2 nitrogen and oxygen atoms in total. The van der Waals surface area contributed by atoms with Gasteiger partial charge in [0.15, 0.2) is 5.88 Å². The number of benzene rings is 1. The number of aromatic nitrogens is 1. The molecule has 2 rings (SSSR count). The average Bonchev–Trinajstić information content (AvgIpc) is 2.43. The highest BCUT2D eigenvalue weighted by atomic mass is 16.3. The minimum absolute atomic E-state index is 0.312. The number of aryl methyl sites for hydroxylation is 2. The maximum absolute atomic E-state index is 9.60. The molecule has 0 atom stereocenters. The standard InChI is InChI=1S/C11H13NO/c1-3-8-9-6-4-5-7(2)10(9)12-11(8)13/h4-6,12-13H,3H2,1-2H3. The van der Waals surface area contributed by atoms with Crippen LogP contribution in [0, 0.1) is 6.92 Å². The number of fused-ring (bicyclic) bond motifs is 1. The lowest BCUT2D eigenvalue weighted by Gasteiger charge is -1.95. The molecule has 13 heavy (non-hydrogen) atoms. The fraction of sp³-hybridized carbons (Fsp3) is 0.273. The fourth-order valence-corrected chi connectivity index (χ4v) is 1.76. The van der Waals surface area contributed by atoms with Gasteiger partial charge in [0.2, 0.25) is 0 Å². The molecule has 1 aromatic carbocycles. The van der Waals surface area contributed by atoms with E-state index in [1.165, 1.54) is 5.56 Å². The third-order valence-corrected chi connectivity index (χ3v) is 2.48. The Bertz CT molecular complexity index is 443. The van der Waals surface area contributed by atoms with E-state index in [4.69, 9.17) is 0 Å². The summed E-state index contributed by atoms with van der Waals surface area (Å²) in [5.41, 5.74) is 3.24. The summed E-state index contributed by atoms with van der Waals surface area (Å²) in [6, 6.07) is 6.10. The second-order valence-electron chi connectivity index (χ2n) is 3.30. The van der Waals surface area contributed by atoms with Crippen molar-refractivity contribution in [2.45, 2.75) is 20.3 Å². The number of H-pyrrole nitrogens is 1. The summed E-state index contributed by atoms with van der Waals surface area (Å²) in [5.74, 6) is 0.312. The molecule has 0 saturated heterocycles. The first-order valence-electron chi connectivity index (χ1n) is 4.53. The molecule has 0 amide bonds. The molecule has 0 aliphatic heterocycles. The lowest BCUT2D eigenvalue weighted by Crippen LogP contribution is -1.77. The van der Waals surface area contributed by atoms with Crippen LogP contribution in [0.25, 0.3) is 10.9 Å². The summed E-state index contributed by atoms with van der Waals surface area (Å²) < 4.78 is 0. The predicted octanol–water partition coefficient (Wildman–Crippen LogP) is 2.74. The average molecular weight is 175 g/mol. The highest BCUT2D eigenvalue weighted by Gasteiger charge is 2.08. The normalized spacial score (nSPS) is 10.9. The van der Waals surface area contributed by atoms with E-state index in [1.54, 1.807) is 0 Å². The SMILES string of the molecule is CCc1c(O)[nH]c2c(C)cccc12. The third-order valence-electron chi connectivity index (χ3n) is 2.48. The molecule has 0 aliphatic carbocycles. The molecule has 0 spiro atoms. The van der Waals surface area contributed by atoms with Crippen molar-refractivity contribution >= 4 is 10.9 Å². The maximum Gasteiger partial charge on any atom is 0.192 e. The van der Waals surface area contributed by atoms with Gasteiger partial charge in [-0.3, -0.25) is 0 Å². The van der Waals surface area contributed by atoms with Crippen molar-refractivity contribution in [3.05, 3.63) is 29.3 Å². The zero-order valence-corrected chi connectivity index (χ0v) is 7.89. The van der Waals surface area contributed by atoms with E-state index in [-0.39, 0.29) is 0 Å². The first kappa shape index (κ1) is 8.17. The largest absolute Gasteiger partial charge is 0.494 e. The van der Waals surface area contributed by atoms with Gasteiger partial charge in [-0.2, -0.15) is 0 Å². The predicted molar refractivity (Wildman–Crippen MR) is 54.1 cm³/mol. The Balaban J connectivity index is 2.86. The van der Waals surface area contributed by atoms with Crippen LogP contribution in [0.5, 0.6) is 5.88 Å². The number of aromatic hydroxyl groups is 1. The number of rotatable bonds is 1. The summed E-state index contributed by atoms with van der Waals surface area (Å²) in [4.78, 5) is 3.00. The van der Waals surface area contributed by atoms with Crippen molar-refractivity contribution in [1.29, 1.82) is 0 Å². The highest BCUT2D eigenvalue weighted by Crippen LogP contribution is 2.28. The summed E-state index contributed by atoms with van der Waals surface area (Å²) >= 11 is 0. The molecular formula is C11H13NO. The number of nitrogens with one attached hydrogen (secondary N) is 1. The number of hydrogen-bond acceptors (Lipinski definition) is 1. The molecule has 0 radical (unpaired) electrons. The monoisotopic (exact) mass is 175 g/mol. The van der Waals surface area contributed by atoms with Gasteiger partial charge in [0.25, 0.3) is 0 Å². The van der Waals surface area contributed by atoms with Gasteiger partial charge in [0.05, 0.1) is 5.52 Å². The van der Waals surface area contributed by atoms with Crippen molar-refractivity contribution in [2.24, 2.45) is 0 Å². The Kier molecular flexibility index (Phi) is 1.76. The van der Waals surface area contributed by atoms with Crippen LogP contribution in [0.15, 0.2) is 18.2 Å². The van der Waals surface area contributed by atoms with Gasteiger partial charge in [0.1, 0.15) is 0 Å². The summed E-state index contributed by atoms with van der Waals surface area (Å²) in [5, 5.41) is 10.7. The van der Waals surface area contributed by atoms with Crippen LogP contribution in [0.1, 0.15) is 18.1 Å². The Hall–Kier alpha value is -1.44. The molecule has 1 heterocycles. The van der Waals surface area contributed by atoms with Crippen molar-refractivity contribution in [2.75, 3.05) is 0 Å². The lowest BCUT2D eigenvalue weighted by molar-refractivity contribution is 0.452. The summed E-state index contributed by atoms with van der Waals surface area (Å²) in [7, 11) is 0. The van der Waals surface area contributed by atoms with E-state index in [1.807, 2.05) is 32.0 Å². The van der Waals surface area contributed by atoms with Crippen molar-refractivity contribution in [3.63, 3.8) is 0 Å². The van der Waals surface area contributed by atoms with Crippen molar-refractivity contribution in [3.8, 4) is 5.88 Å². The second kappa shape index (κ2) is 2.80. The molecule has 1 aromatic heterocycles. The number of para-hydroxylation sites is 1. The van der Waals surface area contributed by atoms with Gasteiger partial charge in [-0.05, 0) is 18.9 Å². The highest BCUT2D eigenvalue weighted by molar-refractivity contribution is 5.88. The van der Waals surface area contributed by atoms with Crippen molar-refractivity contribution in [1.82, 2.24) is 4.98 Å². The zero-order valence-electron chi connectivity index (χ0n) is 7.89. The van der Waals surface area contributed by atoms with E-state index < -0.39 is 0 Å². The molecule has 0 saturated carbocycles. The van der Waals surface area contributed by atoms with E-state index >= 15 is 0 Å². The van der Waals surface area contributed by atoms with Crippen LogP contribution in [-0.4, -0.2) is 10.1 Å². The lowest BCUT2D eigenvalue weighted by atomic mass is 10.1. The molecule has 0 bridgehead atoms. The molecule has 0 fully saturated rings. The minimum atomic E-state index is 0.312. The zero-order chi connectivity index (χ0) is 9.42. The Labute approximate surface area is 77.2 Å². The number of hydrogen-bond donors (Lipinski definition) is 2. The van der Waals surface area contributed by atoms with E-state index in [9.17, 15) is 5.11 Å². The van der Waals surface area contributed by atoms with Crippen LogP contribution < -0.4 is 0 Å². The van der Waals surface area contributed by atoms with E-state index in [0.717, 1.165) is 22.9 Å². The van der Waals surface area contributed by atoms with Crippen LogP contribution in [0.4, 0.5) is 0 Å². The second-order valence-corrected chi connectivity index (χ2v) is 3.30. The van der Waals surface area contributed by atoms with Crippen LogP contribution in [-0.2, 0) is 6.42 Å². The molecule has 68 valence electrons. The van der Waals surface area contributed by atoms with Crippen LogP contribution in [0.3, 0.4) is 0 Å². The van der Waals surface area contributed by atoms with Gasteiger partial charge in [-0.1, -0.05) is 25.1 Å². The Morgan fingerprint density at radius 3 is 2.85 bits per heavy atom. The van der Waals surface area contributed by atoms with Crippen LogP contribution >= 0.6 is 0 Å². The quantitative estimate of drug-likeness (QED) is 0.686. The number of aromatic amines is 1. The van der Waals surface area contributed by atoms with E-state index in [2.05, 4.69) is 4.98 Å². The topological polar surface area (TPSA) is 36.0 Å². The Morgan fingerprint density at radius 1 is 1.38 bits per heavy atom. The first-order chi connectivity index (χ1) is 6.24. The van der Waals surface area contributed by atoms with Crippen molar-refractivity contribution < 1.29 is 5.11 Å². The van der Waals surface area contributed by atoms with Gasteiger partial charge >= 0.3 is 0 Å². The van der Waals surface area contributed by atoms with Gasteiger partial charge in [-0.15, -0.1) is 0 Å². The maximum atomic E-state index is 9.60. The molecule has 2 N–H and O–H groups in total. The smallest absolute Gasteiger partial charge is 0.192 e. The first-order valence-corrected chi connectivity index (χ1v) is 4.53. The summed E-state index contributed by atoms with van der Waals surface area (Å²) in [6.07, 6.45) is 0.856. The van der Waals surface area contributed by atoms with Gasteiger partial charge in [-0.25, -0.2) is 0 Å². The molecule has 2 heteroatoms. The molecular weight excluding hydrogens is 162 g/mol. The van der Waals surface area contributed by atoms with Gasteiger partial charge < -0.3 is 10.1 Å². The third kappa shape index (κ3) is 1.10. The minimum Gasteiger partial charge on any atom is -0.494 e. The summed E-state index contributed by atoms with van der Waals surface area (Å²) in [6.45, 7) is 4.09.